The summed E-state index contributed by atoms with van der Waals surface area (Å²) >= 11 is 0. The van der Waals surface area contributed by atoms with E-state index in [9.17, 15) is 23.9 Å². The molecule has 0 aliphatic heterocycles. The van der Waals surface area contributed by atoms with Crippen LogP contribution in [0.4, 0.5) is 8.78 Å². The van der Waals surface area contributed by atoms with Crippen LogP contribution >= 0.6 is 0 Å². The van der Waals surface area contributed by atoms with Crippen LogP contribution in [0.2, 0.25) is 0 Å². The molecule has 0 aliphatic rings. The first kappa shape index (κ1) is 26.0. The lowest BCUT2D eigenvalue weighted by molar-refractivity contribution is -0.606. The molecule has 1 amide bonds. The fraction of sp³-hybridized carbons (Fsp3) is 0.320. The molecule has 8 nitrogen and oxygen atoms in total. The Bertz CT molecular complexity index is 1140. The highest BCUT2D eigenvalue weighted by Gasteiger charge is 2.25. The van der Waals surface area contributed by atoms with E-state index >= 15 is 0 Å². The van der Waals surface area contributed by atoms with Crippen molar-refractivity contribution in [3.63, 3.8) is 0 Å². The zero-order chi connectivity index (χ0) is 25.4. The molecule has 0 saturated carbocycles. The molecule has 2 aromatic carbocycles. The van der Waals surface area contributed by atoms with Crippen LogP contribution in [-0.4, -0.2) is 41.8 Å². The van der Waals surface area contributed by atoms with Crippen molar-refractivity contribution >= 4 is 5.91 Å². The molecule has 186 valence electrons. The van der Waals surface area contributed by atoms with Gasteiger partial charge in [-0.15, -0.1) is 0 Å². The molecular formula is C25H28F2N4O4. The molecule has 1 aromatic heterocycles. The number of ether oxygens (including phenoxy) is 1. The number of aryl methyl sites for hydroxylation is 1. The van der Waals surface area contributed by atoms with Gasteiger partial charge < -0.3 is 25.7 Å². The average Bonchev–Trinajstić information content (AvgIpc) is 2.82. The number of aromatic nitrogens is 2. The molecule has 35 heavy (non-hydrogen) atoms. The van der Waals surface area contributed by atoms with E-state index in [2.05, 4.69) is 28.6 Å². The summed E-state index contributed by atoms with van der Waals surface area (Å²) in [5.41, 5.74) is 2.24. The Labute approximate surface area is 202 Å². The first-order chi connectivity index (χ1) is 16.8. The topological polar surface area (TPSA) is 110 Å². The van der Waals surface area contributed by atoms with Gasteiger partial charge in [0.2, 0.25) is 12.4 Å². The molecular weight excluding hydrogens is 458 g/mol. The van der Waals surface area contributed by atoms with E-state index in [4.69, 9.17) is 4.74 Å². The summed E-state index contributed by atoms with van der Waals surface area (Å²) < 4.78 is 32.7. The summed E-state index contributed by atoms with van der Waals surface area (Å²) in [6, 6.07) is 10.1. The quantitative estimate of drug-likeness (QED) is 0.283. The second-order valence-electron chi connectivity index (χ2n) is 8.09. The second kappa shape index (κ2) is 12.2. The Morgan fingerprint density at radius 2 is 1.86 bits per heavy atom. The number of methoxy groups -OCH3 is 1. The van der Waals surface area contributed by atoms with Crippen LogP contribution in [-0.2, 0) is 19.4 Å². The fourth-order valence-corrected chi connectivity index (χ4v) is 3.63. The third-order valence-electron chi connectivity index (χ3n) is 5.40. The van der Waals surface area contributed by atoms with Gasteiger partial charge in [0.1, 0.15) is 11.6 Å². The van der Waals surface area contributed by atoms with Gasteiger partial charge in [0.05, 0.1) is 19.3 Å². The normalized spacial score (nSPS) is 12.7. The summed E-state index contributed by atoms with van der Waals surface area (Å²) in [5, 5.41) is 28.4. The van der Waals surface area contributed by atoms with E-state index in [1.54, 1.807) is 0 Å². The Kier molecular flexibility index (Phi) is 9.04. The number of amides is 1. The summed E-state index contributed by atoms with van der Waals surface area (Å²) in [5.74, 6) is -2.34. The van der Waals surface area contributed by atoms with Gasteiger partial charge in [0.25, 0.3) is 11.8 Å². The maximum Gasteiger partial charge on any atom is 0.281 e. The number of aliphatic hydroxyl groups excluding tert-OH is 1. The fourth-order valence-electron chi connectivity index (χ4n) is 3.63. The number of nitrogens with zero attached hydrogens (tertiary/aromatic N) is 2. The van der Waals surface area contributed by atoms with Crippen molar-refractivity contribution in [1.82, 2.24) is 15.6 Å². The van der Waals surface area contributed by atoms with Crippen molar-refractivity contribution in [3.8, 4) is 5.88 Å². The van der Waals surface area contributed by atoms with Gasteiger partial charge in [-0.3, -0.25) is 4.79 Å². The van der Waals surface area contributed by atoms with Gasteiger partial charge >= 0.3 is 0 Å². The lowest BCUT2D eigenvalue weighted by Gasteiger charge is -2.25. The van der Waals surface area contributed by atoms with Crippen LogP contribution in [0.3, 0.4) is 0 Å². The second-order valence-corrected chi connectivity index (χ2v) is 8.09. The molecule has 3 N–H and O–H groups in total. The van der Waals surface area contributed by atoms with Crippen LogP contribution in [0.15, 0.2) is 54.9 Å². The molecule has 0 radical (unpaired) electrons. The molecule has 0 bridgehead atoms. The predicted molar refractivity (Wildman–Crippen MR) is 125 cm³/mol. The van der Waals surface area contributed by atoms with Crippen LogP contribution in [0.25, 0.3) is 0 Å². The minimum Gasteiger partial charge on any atom is -0.618 e. The molecule has 0 saturated heterocycles. The minimum absolute atomic E-state index is 0.0596. The average molecular weight is 487 g/mol. The van der Waals surface area contributed by atoms with Gasteiger partial charge in [-0.1, -0.05) is 31.2 Å². The number of aliphatic hydroxyl groups is 1. The van der Waals surface area contributed by atoms with E-state index in [0.29, 0.717) is 11.3 Å². The number of rotatable bonds is 11. The Balaban J connectivity index is 1.74. The minimum atomic E-state index is -1.12. The van der Waals surface area contributed by atoms with Gasteiger partial charge in [0, 0.05) is 19.2 Å². The largest absolute Gasteiger partial charge is 0.618 e. The van der Waals surface area contributed by atoms with Crippen LogP contribution in [0, 0.1) is 16.8 Å². The molecule has 0 unspecified atom stereocenters. The van der Waals surface area contributed by atoms with Gasteiger partial charge in [0.15, 0.2) is 5.69 Å². The molecule has 0 fully saturated rings. The van der Waals surface area contributed by atoms with Gasteiger partial charge in [-0.25, -0.2) is 8.78 Å². The molecule has 3 rings (SSSR count). The van der Waals surface area contributed by atoms with Crippen LogP contribution < -0.4 is 20.1 Å². The predicted octanol–water partition coefficient (Wildman–Crippen LogP) is 2.06. The maximum atomic E-state index is 13.7. The highest BCUT2D eigenvalue weighted by Crippen LogP contribution is 2.13. The highest BCUT2D eigenvalue weighted by atomic mass is 19.1. The van der Waals surface area contributed by atoms with Gasteiger partial charge in [-0.05, 0) is 41.7 Å². The summed E-state index contributed by atoms with van der Waals surface area (Å²) in [4.78, 5) is 16.8. The van der Waals surface area contributed by atoms with E-state index in [1.165, 1.54) is 12.7 Å². The number of benzene rings is 2. The number of carbonyl (C=O) groups is 1. The Hall–Kier alpha value is -3.63. The maximum absolute atomic E-state index is 13.7. The smallest absolute Gasteiger partial charge is 0.281 e. The van der Waals surface area contributed by atoms with E-state index in [1.807, 2.05) is 18.2 Å². The van der Waals surface area contributed by atoms with E-state index in [0.717, 1.165) is 42.6 Å². The molecule has 2 atom stereocenters. The van der Waals surface area contributed by atoms with Crippen molar-refractivity contribution in [2.45, 2.75) is 38.5 Å². The van der Waals surface area contributed by atoms with Crippen molar-refractivity contribution in [2.24, 2.45) is 0 Å². The number of hydrogen-bond acceptors (Lipinski definition) is 6. The first-order valence-corrected chi connectivity index (χ1v) is 11.1. The number of hydrogen-bond donors (Lipinski definition) is 3. The number of halogens is 2. The number of carbonyl (C=O) groups excluding carboxylic acids is 1. The summed E-state index contributed by atoms with van der Waals surface area (Å²) in [6.07, 6.45) is 1.73. The van der Waals surface area contributed by atoms with Crippen LogP contribution in [0.5, 0.6) is 5.88 Å². The summed E-state index contributed by atoms with van der Waals surface area (Å²) in [6.45, 7) is 2.63. The summed E-state index contributed by atoms with van der Waals surface area (Å²) in [7, 11) is 1.30. The lowest BCUT2D eigenvalue weighted by Crippen LogP contribution is -2.49. The van der Waals surface area contributed by atoms with Crippen molar-refractivity contribution in [1.29, 1.82) is 0 Å². The van der Waals surface area contributed by atoms with E-state index < -0.39 is 29.7 Å². The highest BCUT2D eigenvalue weighted by molar-refractivity contribution is 5.92. The van der Waals surface area contributed by atoms with E-state index in [-0.39, 0.29) is 30.1 Å². The van der Waals surface area contributed by atoms with Crippen molar-refractivity contribution < 1.29 is 28.1 Å². The monoisotopic (exact) mass is 486 g/mol. The van der Waals surface area contributed by atoms with Crippen LogP contribution in [0.1, 0.15) is 34.1 Å². The molecule has 0 spiro atoms. The third kappa shape index (κ3) is 7.69. The zero-order valence-corrected chi connectivity index (χ0v) is 19.5. The molecule has 1 heterocycles. The third-order valence-corrected chi connectivity index (χ3v) is 5.40. The first-order valence-electron chi connectivity index (χ1n) is 11.1. The molecule has 0 aliphatic carbocycles. The Morgan fingerprint density at radius 3 is 2.54 bits per heavy atom. The standard InChI is InChI=1S/C25H28F2N4O4/c1-3-16-5-4-6-17(7-16)12-28-13-23(32)21(10-18-8-19(26)11-20(27)9-18)30-25(33)22-14-31(34)15-24(29-22)35-2/h4-9,11,14-15,21,23,28,32H,3,10,12-13H2,1-2H3,(H,30,33)/t21-,23+/m0/s1. The lowest BCUT2D eigenvalue weighted by atomic mass is 10.00. The SMILES string of the molecule is CCc1cccc(CNC[C@@H](O)[C@H](Cc2cc(F)cc(F)c2)NC(=O)c2c[n+]([O-])cc(OC)n2)c1. The molecule has 3 aromatic rings. The van der Waals surface area contributed by atoms with Gasteiger partial charge in [-0.2, -0.15) is 9.71 Å². The van der Waals surface area contributed by atoms with Crippen molar-refractivity contribution in [2.75, 3.05) is 13.7 Å². The number of nitrogens with one attached hydrogen (secondary N) is 2. The molecule has 10 heteroatoms. The Morgan fingerprint density at radius 1 is 1.14 bits per heavy atom. The zero-order valence-electron chi connectivity index (χ0n) is 19.5. The van der Waals surface area contributed by atoms with Crippen molar-refractivity contribution in [3.05, 3.63) is 94.1 Å².